The van der Waals surface area contributed by atoms with E-state index in [1.54, 1.807) is 11.8 Å². The third kappa shape index (κ3) is 2.73. The number of aryl methyl sites for hydroxylation is 2. The molecule has 0 fully saturated rings. The van der Waals surface area contributed by atoms with Gasteiger partial charge in [0.25, 0.3) is 0 Å². The summed E-state index contributed by atoms with van der Waals surface area (Å²) in [5.74, 6) is 1.84. The summed E-state index contributed by atoms with van der Waals surface area (Å²) in [5.41, 5.74) is 9.41. The molecule has 0 aliphatic rings. The Hall–Kier alpha value is -1.33. The molecule has 0 radical (unpaired) electrons. The molecule has 0 amide bonds. The topological polar surface area (TPSA) is 56.7 Å². The van der Waals surface area contributed by atoms with Gasteiger partial charge in [-0.2, -0.15) is 0 Å². The van der Waals surface area contributed by atoms with E-state index in [1.165, 1.54) is 16.7 Å². The van der Waals surface area contributed by atoms with Gasteiger partial charge in [-0.1, -0.05) is 30.0 Å². The Morgan fingerprint density at radius 1 is 1.28 bits per heavy atom. The molecule has 0 bridgehead atoms. The highest BCUT2D eigenvalue weighted by Crippen LogP contribution is 2.23. The van der Waals surface area contributed by atoms with Gasteiger partial charge in [-0.3, -0.25) is 0 Å². The van der Waals surface area contributed by atoms with E-state index >= 15 is 0 Å². The average Bonchev–Trinajstić information content (AvgIpc) is 2.68. The molecule has 0 atom stereocenters. The van der Waals surface area contributed by atoms with Crippen molar-refractivity contribution >= 4 is 11.8 Å². The quantitative estimate of drug-likeness (QED) is 0.858. The number of rotatable bonds is 4. The summed E-state index contributed by atoms with van der Waals surface area (Å²) >= 11 is 1.71. The van der Waals surface area contributed by atoms with Crippen LogP contribution >= 0.6 is 11.8 Å². The highest BCUT2D eigenvalue weighted by Gasteiger charge is 2.07. The van der Waals surface area contributed by atoms with Gasteiger partial charge in [0.2, 0.25) is 0 Å². The second kappa shape index (κ2) is 5.54. The van der Waals surface area contributed by atoms with Crippen molar-refractivity contribution in [1.29, 1.82) is 0 Å². The lowest BCUT2D eigenvalue weighted by molar-refractivity contribution is 0.765. The first-order chi connectivity index (χ1) is 8.61. The summed E-state index contributed by atoms with van der Waals surface area (Å²) < 4.78 is 2.01. The van der Waals surface area contributed by atoms with Gasteiger partial charge < -0.3 is 10.3 Å². The predicted octanol–water partition coefficient (Wildman–Crippen LogP) is 2.18. The monoisotopic (exact) mass is 262 g/mol. The fourth-order valence-corrected chi connectivity index (χ4v) is 2.74. The smallest absolute Gasteiger partial charge is 0.191 e. The second-order valence-electron chi connectivity index (χ2n) is 4.34. The molecule has 2 rings (SSSR count). The second-order valence-corrected chi connectivity index (χ2v) is 5.28. The van der Waals surface area contributed by atoms with Crippen molar-refractivity contribution in [2.45, 2.75) is 31.3 Å². The largest absolute Gasteiger partial charge is 0.326 e. The number of hydrogen-bond acceptors (Lipinski definition) is 4. The lowest BCUT2D eigenvalue weighted by Crippen LogP contribution is -1.98. The van der Waals surface area contributed by atoms with Crippen LogP contribution < -0.4 is 5.73 Å². The van der Waals surface area contributed by atoms with E-state index in [9.17, 15) is 0 Å². The minimum absolute atomic E-state index is 0.594. The van der Waals surface area contributed by atoms with Crippen LogP contribution in [0.1, 0.15) is 22.5 Å². The molecule has 96 valence electrons. The van der Waals surface area contributed by atoms with Gasteiger partial charge in [-0.25, -0.2) is 0 Å². The highest BCUT2D eigenvalue weighted by molar-refractivity contribution is 7.98. The van der Waals surface area contributed by atoms with Crippen LogP contribution in [0.15, 0.2) is 23.4 Å². The first-order valence-corrected chi connectivity index (χ1v) is 6.87. The maximum atomic E-state index is 5.63. The molecule has 0 aliphatic carbocycles. The first-order valence-electron chi connectivity index (χ1n) is 5.89. The maximum Gasteiger partial charge on any atom is 0.191 e. The lowest BCUT2D eigenvalue weighted by atomic mass is 10.1. The Bertz CT molecular complexity index is 548. The Morgan fingerprint density at radius 3 is 2.61 bits per heavy atom. The molecule has 2 aromatic rings. The minimum atomic E-state index is 0.594. The fraction of sp³-hybridized carbons (Fsp3) is 0.385. The minimum Gasteiger partial charge on any atom is -0.326 e. The van der Waals surface area contributed by atoms with Crippen molar-refractivity contribution in [2.24, 2.45) is 12.8 Å². The van der Waals surface area contributed by atoms with Gasteiger partial charge in [0.05, 0.1) is 0 Å². The summed E-state index contributed by atoms with van der Waals surface area (Å²) in [4.78, 5) is 0. The molecular weight excluding hydrogens is 244 g/mol. The Labute approximate surface area is 112 Å². The van der Waals surface area contributed by atoms with Gasteiger partial charge >= 0.3 is 0 Å². The summed E-state index contributed by atoms with van der Waals surface area (Å²) in [6, 6.07) is 6.39. The third-order valence-corrected chi connectivity index (χ3v) is 4.12. The molecule has 0 saturated carbocycles. The van der Waals surface area contributed by atoms with Crippen molar-refractivity contribution in [3.05, 3.63) is 40.7 Å². The Morgan fingerprint density at radius 2 is 2.06 bits per heavy atom. The van der Waals surface area contributed by atoms with E-state index in [0.29, 0.717) is 6.54 Å². The van der Waals surface area contributed by atoms with E-state index in [0.717, 1.165) is 16.7 Å². The maximum absolute atomic E-state index is 5.63. The van der Waals surface area contributed by atoms with E-state index in [4.69, 9.17) is 5.73 Å². The Balaban J connectivity index is 2.08. The molecule has 0 aliphatic heterocycles. The van der Waals surface area contributed by atoms with Crippen LogP contribution in [0.5, 0.6) is 0 Å². The number of benzene rings is 1. The standard InChI is InChI=1S/C13H18N4S/c1-9-6-11(7-14)4-5-12(9)8-18-13-16-15-10(2)17(13)3/h4-6H,7-8,14H2,1-3H3. The molecule has 4 nitrogen and oxygen atoms in total. The summed E-state index contributed by atoms with van der Waals surface area (Å²) in [6.45, 7) is 4.67. The zero-order chi connectivity index (χ0) is 13.1. The number of aromatic nitrogens is 3. The van der Waals surface area contributed by atoms with Crippen molar-refractivity contribution in [2.75, 3.05) is 0 Å². The van der Waals surface area contributed by atoms with E-state index in [-0.39, 0.29) is 0 Å². The molecule has 1 heterocycles. The zero-order valence-electron chi connectivity index (χ0n) is 11.0. The van der Waals surface area contributed by atoms with Crippen LogP contribution in [0.2, 0.25) is 0 Å². The van der Waals surface area contributed by atoms with Crippen LogP contribution in [-0.4, -0.2) is 14.8 Å². The Kier molecular flexibility index (Phi) is 4.04. The molecule has 0 saturated heterocycles. The number of hydrogen-bond donors (Lipinski definition) is 1. The molecule has 5 heteroatoms. The van der Waals surface area contributed by atoms with Crippen LogP contribution in [-0.2, 0) is 19.3 Å². The van der Waals surface area contributed by atoms with Crippen LogP contribution in [0, 0.1) is 13.8 Å². The molecule has 18 heavy (non-hydrogen) atoms. The van der Waals surface area contributed by atoms with Crippen molar-refractivity contribution < 1.29 is 0 Å². The van der Waals surface area contributed by atoms with Crippen molar-refractivity contribution in [1.82, 2.24) is 14.8 Å². The third-order valence-electron chi connectivity index (χ3n) is 3.05. The molecule has 1 aromatic heterocycles. The summed E-state index contributed by atoms with van der Waals surface area (Å²) in [5, 5.41) is 9.16. The van der Waals surface area contributed by atoms with Gasteiger partial charge in [0, 0.05) is 19.3 Å². The molecular formula is C13H18N4S. The van der Waals surface area contributed by atoms with Crippen molar-refractivity contribution in [3.8, 4) is 0 Å². The van der Waals surface area contributed by atoms with E-state index in [1.807, 2.05) is 18.5 Å². The normalized spacial score (nSPS) is 10.9. The average molecular weight is 262 g/mol. The predicted molar refractivity (Wildman–Crippen MR) is 74.4 cm³/mol. The summed E-state index contributed by atoms with van der Waals surface area (Å²) in [7, 11) is 1.99. The van der Waals surface area contributed by atoms with Crippen LogP contribution in [0.3, 0.4) is 0 Å². The fourth-order valence-electron chi connectivity index (χ4n) is 1.70. The van der Waals surface area contributed by atoms with Gasteiger partial charge in [0.15, 0.2) is 5.16 Å². The molecule has 0 unspecified atom stereocenters. The molecule has 2 N–H and O–H groups in total. The first kappa shape index (κ1) is 13.1. The number of nitrogens with zero attached hydrogens (tertiary/aromatic N) is 3. The van der Waals surface area contributed by atoms with E-state index in [2.05, 4.69) is 35.3 Å². The summed E-state index contributed by atoms with van der Waals surface area (Å²) in [6.07, 6.45) is 0. The SMILES string of the molecule is Cc1cc(CN)ccc1CSc1nnc(C)n1C. The van der Waals surface area contributed by atoms with Gasteiger partial charge in [-0.05, 0) is 30.5 Å². The van der Waals surface area contributed by atoms with Gasteiger partial charge in [-0.15, -0.1) is 10.2 Å². The number of thioether (sulfide) groups is 1. The van der Waals surface area contributed by atoms with Gasteiger partial charge in [0.1, 0.15) is 5.82 Å². The van der Waals surface area contributed by atoms with Crippen molar-refractivity contribution in [3.63, 3.8) is 0 Å². The number of nitrogens with two attached hydrogens (primary N) is 1. The lowest BCUT2D eigenvalue weighted by Gasteiger charge is -2.07. The molecule has 1 aromatic carbocycles. The highest BCUT2D eigenvalue weighted by atomic mass is 32.2. The zero-order valence-corrected chi connectivity index (χ0v) is 11.8. The van der Waals surface area contributed by atoms with E-state index < -0.39 is 0 Å². The molecule has 0 spiro atoms. The van der Waals surface area contributed by atoms with Crippen LogP contribution in [0.25, 0.3) is 0 Å². The van der Waals surface area contributed by atoms with Crippen LogP contribution in [0.4, 0.5) is 0 Å².